The summed E-state index contributed by atoms with van der Waals surface area (Å²) >= 11 is 5.08. The van der Waals surface area contributed by atoms with Crippen LogP contribution in [0, 0.1) is 0 Å². The molecular formula is C14H13BrN2OS. The zero-order valence-electron chi connectivity index (χ0n) is 10.4. The third kappa shape index (κ3) is 2.07. The van der Waals surface area contributed by atoms with Gasteiger partial charge in [-0.3, -0.25) is 4.79 Å². The number of hydrogen-bond donors (Lipinski definition) is 1. The van der Waals surface area contributed by atoms with Gasteiger partial charge in [0.05, 0.1) is 18.2 Å². The molecule has 0 saturated heterocycles. The standard InChI is InChI=1S/C14H13BrN2OS/c1-8-10-5-11(15)12(16)6-13(10)17(14(8)18)7-9-3-2-4-19-9/h2-6,8H,7,16H2,1H3. The van der Waals surface area contributed by atoms with Crippen molar-refractivity contribution < 1.29 is 4.79 Å². The quantitative estimate of drug-likeness (QED) is 0.849. The predicted octanol–water partition coefficient (Wildman–Crippen LogP) is 3.74. The van der Waals surface area contributed by atoms with Crippen LogP contribution in [0.3, 0.4) is 0 Å². The first kappa shape index (κ1) is 12.7. The molecule has 1 aromatic heterocycles. The third-order valence-corrected chi connectivity index (χ3v) is 4.98. The van der Waals surface area contributed by atoms with E-state index in [4.69, 9.17) is 5.73 Å². The number of nitrogens with two attached hydrogens (primary N) is 1. The van der Waals surface area contributed by atoms with E-state index in [0.29, 0.717) is 12.2 Å². The highest BCUT2D eigenvalue weighted by atomic mass is 79.9. The summed E-state index contributed by atoms with van der Waals surface area (Å²) in [6.07, 6.45) is 0. The van der Waals surface area contributed by atoms with Crippen molar-refractivity contribution in [2.45, 2.75) is 19.4 Å². The predicted molar refractivity (Wildman–Crippen MR) is 82.5 cm³/mol. The van der Waals surface area contributed by atoms with Crippen molar-refractivity contribution in [2.24, 2.45) is 0 Å². The van der Waals surface area contributed by atoms with Crippen molar-refractivity contribution in [2.75, 3.05) is 10.6 Å². The largest absolute Gasteiger partial charge is 0.398 e. The number of anilines is 2. The van der Waals surface area contributed by atoms with Gasteiger partial charge in [0, 0.05) is 15.0 Å². The summed E-state index contributed by atoms with van der Waals surface area (Å²) in [5.41, 5.74) is 8.58. The maximum atomic E-state index is 12.4. The number of halogens is 1. The second-order valence-electron chi connectivity index (χ2n) is 4.66. The molecule has 1 aromatic carbocycles. The number of rotatable bonds is 2. The van der Waals surface area contributed by atoms with Gasteiger partial charge in [-0.25, -0.2) is 0 Å². The fraction of sp³-hybridized carbons (Fsp3) is 0.214. The van der Waals surface area contributed by atoms with E-state index in [-0.39, 0.29) is 11.8 Å². The van der Waals surface area contributed by atoms with Crippen LogP contribution in [0.5, 0.6) is 0 Å². The summed E-state index contributed by atoms with van der Waals surface area (Å²) in [7, 11) is 0. The van der Waals surface area contributed by atoms with Crippen LogP contribution in [0.4, 0.5) is 11.4 Å². The summed E-state index contributed by atoms with van der Waals surface area (Å²) in [5.74, 6) is 0.0350. The molecule has 0 aliphatic carbocycles. The number of carbonyl (C=O) groups excluding carboxylic acids is 1. The van der Waals surface area contributed by atoms with E-state index in [0.717, 1.165) is 15.7 Å². The van der Waals surface area contributed by atoms with Crippen LogP contribution in [0.1, 0.15) is 23.3 Å². The first-order valence-corrected chi connectivity index (χ1v) is 7.68. The molecule has 0 radical (unpaired) electrons. The molecule has 2 N–H and O–H groups in total. The first-order valence-electron chi connectivity index (χ1n) is 6.00. The Hall–Kier alpha value is -1.33. The van der Waals surface area contributed by atoms with Gasteiger partial charge in [0.1, 0.15) is 0 Å². The molecule has 0 bridgehead atoms. The van der Waals surface area contributed by atoms with Crippen molar-refractivity contribution in [3.63, 3.8) is 0 Å². The second kappa shape index (κ2) is 4.65. The highest BCUT2D eigenvalue weighted by Gasteiger charge is 2.34. The molecule has 1 aliphatic heterocycles. The monoisotopic (exact) mass is 336 g/mol. The molecular weight excluding hydrogens is 324 g/mol. The Balaban J connectivity index is 2.04. The minimum absolute atomic E-state index is 0.105. The van der Waals surface area contributed by atoms with E-state index in [1.807, 2.05) is 41.5 Å². The average Bonchev–Trinajstić information content (AvgIpc) is 2.96. The molecule has 2 aromatic rings. The first-order chi connectivity index (χ1) is 9.08. The van der Waals surface area contributed by atoms with E-state index in [2.05, 4.69) is 15.9 Å². The molecule has 2 heterocycles. The molecule has 1 amide bonds. The maximum absolute atomic E-state index is 12.4. The van der Waals surface area contributed by atoms with E-state index in [9.17, 15) is 4.79 Å². The van der Waals surface area contributed by atoms with Gasteiger partial charge >= 0.3 is 0 Å². The molecule has 1 unspecified atom stereocenters. The summed E-state index contributed by atoms with van der Waals surface area (Å²) in [5, 5.41) is 2.02. The lowest BCUT2D eigenvalue weighted by Gasteiger charge is -2.17. The Labute approximate surface area is 124 Å². The van der Waals surface area contributed by atoms with Gasteiger partial charge in [-0.15, -0.1) is 11.3 Å². The van der Waals surface area contributed by atoms with Gasteiger partial charge in [-0.05, 0) is 52.0 Å². The summed E-state index contributed by atoms with van der Waals surface area (Å²) in [4.78, 5) is 15.4. The van der Waals surface area contributed by atoms with Crippen molar-refractivity contribution in [3.05, 3.63) is 44.6 Å². The number of fused-ring (bicyclic) bond motifs is 1. The number of nitrogen functional groups attached to an aromatic ring is 1. The Bertz CT molecular complexity index is 639. The minimum Gasteiger partial charge on any atom is -0.398 e. The molecule has 0 fully saturated rings. The van der Waals surface area contributed by atoms with Crippen LogP contribution in [-0.2, 0) is 11.3 Å². The molecule has 0 saturated carbocycles. The molecule has 98 valence electrons. The van der Waals surface area contributed by atoms with Crippen molar-refractivity contribution >= 4 is 44.5 Å². The Morgan fingerprint density at radius 2 is 2.26 bits per heavy atom. The fourth-order valence-corrected chi connectivity index (χ4v) is 3.43. The van der Waals surface area contributed by atoms with Crippen molar-refractivity contribution in [3.8, 4) is 0 Å². The molecule has 0 spiro atoms. The van der Waals surface area contributed by atoms with Gasteiger partial charge < -0.3 is 10.6 Å². The highest BCUT2D eigenvalue weighted by Crippen LogP contribution is 2.42. The number of thiophene rings is 1. The summed E-state index contributed by atoms with van der Waals surface area (Å²) in [6.45, 7) is 2.56. The molecule has 5 heteroatoms. The topological polar surface area (TPSA) is 46.3 Å². The van der Waals surface area contributed by atoms with Crippen LogP contribution in [0.25, 0.3) is 0 Å². The summed E-state index contributed by atoms with van der Waals surface area (Å²) < 4.78 is 0.851. The van der Waals surface area contributed by atoms with Gasteiger partial charge in [0.15, 0.2) is 0 Å². The number of hydrogen-bond acceptors (Lipinski definition) is 3. The van der Waals surface area contributed by atoms with Gasteiger partial charge in [0.25, 0.3) is 0 Å². The van der Waals surface area contributed by atoms with E-state index < -0.39 is 0 Å². The molecule has 19 heavy (non-hydrogen) atoms. The average molecular weight is 337 g/mol. The second-order valence-corrected chi connectivity index (χ2v) is 6.54. The lowest BCUT2D eigenvalue weighted by molar-refractivity contribution is -0.119. The van der Waals surface area contributed by atoms with Crippen LogP contribution >= 0.6 is 27.3 Å². The number of benzene rings is 1. The van der Waals surface area contributed by atoms with Gasteiger partial charge in [0.2, 0.25) is 5.91 Å². The van der Waals surface area contributed by atoms with Crippen molar-refractivity contribution in [1.29, 1.82) is 0 Å². The van der Waals surface area contributed by atoms with E-state index in [1.165, 1.54) is 4.88 Å². The van der Waals surface area contributed by atoms with Crippen LogP contribution < -0.4 is 10.6 Å². The lowest BCUT2D eigenvalue weighted by Crippen LogP contribution is -2.27. The molecule has 1 aliphatic rings. The number of amides is 1. The maximum Gasteiger partial charge on any atom is 0.234 e. The zero-order valence-corrected chi connectivity index (χ0v) is 12.8. The van der Waals surface area contributed by atoms with Crippen LogP contribution in [-0.4, -0.2) is 5.91 Å². The molecule has 3 nitrogen and oxygen atoms in total. The smallest absolute Gasteiger partial charge is 0.234 e. The van der Waals surface area contributed by atoms with Crippen molar-refractivity contribution in [1.82, 2.24) is 0 Å². The zero-order chi connectivity index (χ0) is 13.6. The number of nitrogens with zero attached hydrogens (tertiary/aromatic N) is 1. The number of carbonyl (C=O) groups is 1. The van der Waals surface area contributed by atoms with Gasteiger partial charge in [-0.2, -0.15) is 0 Å². The molecule has 3 rings (SSSR count). The normalized spacial score (nSPS) is 17.9. The summed E-state index contributed by atoms with van der Waals surface area (Å²) in [6, 6.07) is 7.89. The molecule has 1 atom stereocenters. The van der Waals surface area contributed by atoms with Crippen LogP contribution in [0.2, 0.25) is 0 Å². The van der Waals surface area contributed by atoms with Crippen LogP contribution in [0.15, 0.2) is 34.1 Å². The fourth-order valence-electron chi connectivity index (χ4n) is 2.38. The van der Waals surface area contributed by atoms with E-state index >= 15 is 0 Å². The highest BCUT2D eigenvalue weighted by molar-refractivity contribution is 9.10. The SMILES string of the molecule is CC1C(=O)N(Cc2cccs2)c2cc(N)c(Br)cc21. The Morgan fingerprint density at radius 1 is 1.47 bits per heavy atom. The minimum atomic E-state index is -0.105. The Kier molecular flexibility index (Phi) is 3.11. The lowest BCUT2D eigenvalue weighted by atomic mass is 10.0. The van der Waals surface area contributed by atoms with E-state index in [1.54, 1.807) is 11.3 Å². The third-order valence-electron chi connectivity index (χ3n) is 3.43. The Morgan fingerprint density at radius 3 is 2.95 bits per heavy atom. The van der Waals surface area contributed by atoms with Gasteiger partial charge in [-0.1, -0.05) is 6.07 Å².